The molecule has 1 amide bonds. The Labute approximate surface area is 202 Å². The van der Waals surface area contributed by atoms with Crippen molar-refractivity contribution in [3.63, 3.8) is 0 Å². The lowest BCUT2D eigenvalue weighted by atomic mass is 10.1. The van der Waals surface area contributed by atoms with Crippen LogP contribution in [0.4, 0.5) is 23.7 Å². The molecule has 0 saturated carbocycles. The van der Waals surface area contributed by atoms with Crippen molar-refractivity contribution in [3.05, 3.63) is 87.7 Å². The summed E-state index contributed by atoms with van der Waals surface area (Å²) < 4.78 is 43.6. The summed E-state index contributed by atoms with van der Waals surface area (Å²) in [6, 6.07) is 13.9. The monoisotopic (exact) mass is 512 g/mol. The Bertz CT molecular complexity index is 1170. The number of carbonyl (C=O) groups is 1. The molecule has 178 valence electrons. The second-order valence-corrected chi connectivity index (χ2v) is 7.70. The van der Waals surface area contributed by atoms with Gasteiger partial charge in [-0.3, -0.25) is 15.1 Å². The molecular weight excluding hydrogens is 496 g/mol. The fourth-order valence-electron chi connectivity index (χ4n) is 2.60. The van der Waals surface area contributed by atoms with E-state index in [1.54, 1.807) is 48.5 Å². The Morgan fingerprint density at radius 2 is 1.76 bits per heavy atom. The van der Waals surface area contributed by atoms with Crippen LogP contribution in [-0.2, 0) is 24.0 Å². The molecule has 3 N–H and O–H groups in total. The van der Waals surface area contributed by atoms with Crippen LogP contribution in [0.2, 0.25) is 10.0 Å². The summed E-state index contributed by atoms with van der Waals surface area (Å²) in [4.78, 5) is 20.2. The first-order valence-electron chi connectivity index (χ1n) is 9.59. The van der Waals surface area contributed by atoms with Gasteiger partial charge in [0, 0.05) is 23.3 Å². The zero-order valence-corrected chi connectivity index (χ0v) is 18.8. The minimum atomic E-state index is -4.53. The molecule has 0 unspecified atom stereocenters. The third-order valence-corrected chi connectivity index (χ3v) is 4.84. The van der Waals surface area contributed by atoms with Crippen molar-refractivity contribution >= 4 is 40.8 Å². The zero-order valence-electron chi connectivity index (χ0n) is 17.3. The van der Waals surface area contributed by atoms with Crippen LogP contribution in [0.25, 0.3) is 0 Å². The second-order valence-electron chi connectivity index (χ2n) is 6.85. The lowest BCUT2D eigenvalue weighted by Gasteiger charge is -2.10. The normalized spacial score (nSPS) is 11.7. The first kappa shape index (κ1) is 25.1. The molecular formula is C22H17Cl2F3N4O3. The molecule has 34 heavy (non-hydrogen) atoms. The van der Waals surface area contributed by atoms with Crippen LogP contribution >= 0.6 is 23.2 Å². The fraction of sp³-hybridized carbons (Fsp3) is 0.136. The maximum Gasteiger partial charge on any atom is 0.437 e. The highest BCUT2D eigenvalue weighted by Gasteiger charge is 2.31. The number of hydrogen-bond acceptors (Lipinski definition) is 5. The molecule has 3 aromatic rings. The average molecular weight is 513 g/mol. The van der Waals surface area contributed by atoms with Gasteiger partial charge in [0.05, 0.1) is 16.3 Å². The summed E-state index contributed by atoms with van der Waals surface area (Å²) in [7, 11) is 0. The van der Waals surface area contributed by atoms with E-state index < -0.39 is 17.8 Å². The third kappa shape index (κ3) is 7.53. The number of carbonyl (C=O) groups excluding carboxylic acids is 1. The Morgan fingerprint density at radius 3 is 2.38 bits per heavy atom. The Morgan fingerprint density at radius 1 is 1.09 bits per heavy atom. The van der Waals surface area contributed by atoms with Crippen molar-refractivity contribution < 1.29 is 27.5 Å². The van der Waals surface area contributed by atoms with Crippen LogP contribution in [0.1, 0.15) is 16.8 Å². The third-order valence-electron chi connectivity index (χ3n) is 4.27. The fourth-order valence-corrected chi connectivity index (χ4v) is 2.94. The number of pyridine rings is 1. The van der Waals surface area contributed by atoms with Crippen molar-refractivity contribution in [3.8, 4) is 5.75 Å². The van der Waals surface area contributed by atoms with Crippen molar-refractivity contribution in [2.75, 3.05) is 5.32 Å². The number of hydrogen-bond donors (Lipinski definition) is 2. The molecule has 7 nitrogen and oxygen atoms in total. The predicted molar refractivity (Wildman–Crippen MR) is 122 cm³/mol. The molecule has 1 heterocycles. The zero-order chi connectivity index (χ0) is 24.7. The minimum absolute atomic E-state index is 0.0562. The molecule has 0 aliphatic carbocycles. The van der Waals surface area contributed by atoms with E-state index in [0.717, 1.165) is 11.6 Å². The molecule has 0 atom stereocenters. The van der Waals surface area contributed by atoms with Gasteiger partial charge in [0.2, 0.25) is 0 Å². The molecule has 2 aromatic carbocycles. The summed E-state index contributed by atoms with van der Waals surface area (Å²) in [6.45, 7) is -0.115. The van der Waals surface area contributed by atoms with E-state index in [-0.39, 0.29) is 29.6 Å². The van der Waals surface area contributed by atoms with Crippen molar-refractivity contribution in [2.24, 2.45) is 10.9 Å². The summed E-state index contributed by atoms with van der Waals surface area (Å²) in [6.07, 6.45) is -4.44. The number of rotatable bonds is 7. The Balaban J connectivity index is 1.49. The molecule has 3 rings (SSSR count). The van der Waals surface area contributed by atoms with Crippen LogP contribution in [0.3, 0.4) is 0 Å². The molecule has 0 fully saturated rings. The van der Waals surface area contributed by atoms with E-state index in [1.165, 1.54) is 0 Å². The first-order chi connectivity index (χ1) is 16.1. The number of ether oxygens (including phenoxy) is 1. The van der Waals surface area contributed by atoms with Crippen LogP contribution in [0, 0.1) is 0 Å². The van der Waals surface area contributed by atoms with Gasteiger partial charge in [-0.15, -0.1) is 0 Å². The largest absolute Gasteiger partial charge is 0.487 e. The Kier molecular flexibility index (Phi) is 8.19. The molecule has 12 heteroatoms. The predicted octanol–water partition coefficient (Wildman–Crippen LogP) is 6.05. The summed E-state index contributed by atoms with van der Waals surface area (Å²) in [5, 5.41) is 6.44. The van der Waals surface area contributed by atoms with Crippen LogP contribution in [0.15, 0.2) is 65.9 Å². The minimum Gasteiger partial charge on any atom is -0.487 e. The number of anilines is 1. The maximum atomic E-state index is 12.7. The number of oxime groups is 1. The Hall–Kier alpha value is -3.50. The molecule has 1 aromatic heterocycles. The molecule has 0 radical (unpaired) electrons. The highest BCUT2D eigenvalue weighted by atomic mass is 35.5. The number of amidine groups is 1. The van der Waals surface area contributed by atoms with E-state index in [9.17, 15) is 18.0 Å². The van der Waals surface area contributed by atoms with Crippen LogP contribution in [0.5, 0.6) is 5.75 Å². The number of alkyl halides is 3. The number of amides is 1. The molecule has 0 saturated heterocycles. The average Bonchev–Trinajstić information content (AvgIpc) is 2.79. The number of nitrogens with one attached hydrogen (secondary N) is 1. The maximum absolute atomic E-state index is 12.7. The number of benzene rings is 2. The molecule has 0 aliphatic rings. The van der Waals surface area contributed by atoms with E-state index in [4.69, 9.17) is 38.5 Å². The topological polar surface area (TPSA) is 98.8 Å². The SMILES string of the molecule is N/C(Cc1ccc(OCc2ncc(C(F)(F)F)cc2Cl)cc1)=N\OC(=O)Nc1ccc(Cl)cc1. The summed E-state index contributed by atoms with van der Waals surface area (Å²) in [5.74, 6) is 0.497. The van der Waals surface area contributed by atoms with Crippen molar-refractivity contribution in [1.82, 2.24) is 4.98 Å². The van der Waals surface area contributed by atoms with Gasteiger partial charge in [-0.1, -0.05) is 40.5 Å². The van der Waals surface area contributed by atoms with E-state index in [1.807, 2.05) is 0 Å². The quantitative estimate of drug-likeness (QED) is 0.174. The number of aromatic nitrogens is 1. The molecule has 0 bridgehead atoms. The molecule has 0 spiro atoms. The van der Waals surface area contributed by atoms with Gasteiger partial charge in [0.1, 0.15) is 18.2 Å². The van der Waals surface area contributed by atoms with E-state index >= 15 is 0 Å². The smallest absolute Gasteiger partial charge is 0.437 e. The van der Waals surface area contributed by atoms with Gasteiger partial charge >= 0.3 is 12.3 Å². The van der Waals surface area contributed by atoms with Crippen molar-refractivity contribution in [2.45, 2.75) is 19.2 Å². The summed E-state index contributed by atoms with van der Waals surface area (Å²) >= 11 is 11.6. The van der Waals surface area contributed by atoms with Gasteiger partial charge in [-0.25, -0.2) is 4.79 Å². The molecule has 0 aliphatic heterocycles. The number of halogens is 5. The van der Waals surface area contributed by atoms with E-state index in [0.29, 0.717) is 22.7 Å². The van der Waals surface area contributed by atoms with Crippen LogP contribution in [-0.4, -0.2) is 16.9 Å². The summed E-state index contributed by atoms with van der Waals surface area (Å²) in [5.41, 5.74) is 6.26. The lowest BCUT2D eigenvalue weighted by Crippen LogP contribution is -2.18. The first-order valence-corrected chi connectivity index (χ1v) is 10.3. The standard InChI is InChI=1S/C22H17Cl2F3N4O3/c23-15-3-5-16(6-4-15)30-21(32)34-31-20(28)9-13-1-7-17(8-2-13)33-12-19-18(24)10-14(11-29-19)22(25,26)27/h1-8,10-11H,9,12H2,(H2,28,31)(H,30,32). The highest BCUT2D eigenvalue weighted by Crippen LogP contribution is 2.31. The van der Waals surface area contributed by atoms with E-state index in [2.05, 4.69) is 15.5 Å². The van der Waals surface area contributed by atoms with Crippen molar-refractivity contribution in [1.29, 1.82) is 0 Å². The van der Waals surface area contributed by atoms with Gasteiger partial charge in [0.25, 0.3) is 0 Å². The van der Waals surface area contributed by atoms with Gasteiger partial charge < -0.3 is 10.5 Å². The second kappa shape index (κ2) is 11.1. The number of nitrogens with two attached hydrogens (primary N) is 1. The van der Waals surface area contributed by atoms with Gasteiger partial charge in [0.15, 0.2) is 0 Å². The number of nitrogens with zero attached hydrogens (tertiary/aromatic N) is 2. The highest BCUT2D eigenvalue weighted by molar-refractivity contribution is 6.31. The van der Waals surface area contributed by atoms with Gasteiger partial charge in [-0.05, 0) is 48.0 Å². The lowest BCUT2D eigenvalue weighted by molar-refractivity contribution is -0.137. The van der Waals surface area contributed by atoms with Gasteiger partial charge in [-0.2, -0.15) is 13.2 Å². The van der Waals surface area contributed by atoms with Crippen LogP contribution < -0.4 is 15.8 Å².